The van der Waals surface area contributed by atoms with E-state index >= 15 is 0 Å². The molecule has 5 heteroatoms. The van der Waals surface area contributed by atoms with Crippen molar-refractivity contribution in [2.75, 3.05) is 13.2 Å². The molecule has 0 N–H and O–H groups in total. The average molecular weight is 311 g/mol. The molecule has 0 aliphatic rings. The zero-order valence-corrected chi connectivity index (χ0v) is 14.4. The Bertz CT molecular complexity index is 387. The summed E-state index contributed by atoms with van der Waals surface area (Å²) in [6.07, 6.45) is 0.957. The highest BCUT2D eigenvalue weighted by Gasteiger charge is 2.36. The highest BCUT2D eigenvalue weighted by atomic mass is 16.5. The zero-order valence-electron chi connectivity index (χ0n) is 14.4. The van der Waals surface area contributed by atoms with Crippen LogP contribution in [0.3, 0.4) is 0 Å². The Morgan fingerprint density at radius 2 is 1.68 bits per heavy atom. The number of ether oxygens (including phenoxy) is 2. The largest absolute Gasteiger partial charge is 0.466 e. The molecular weight excluding hydrogens is 282 g/mol. The van der Waals surface area contributed by atoms with Crippen molar-refractivity contribution < 1.29 is 19.1 Å². The van der Waals surface area contributed by atoms with Gasteiger partial charge in [0.25, 0.3) is 0 Å². The van der Waals surface area contributed by atoms with Crippen molar-refractivity contribution in [1.29, 1.82) is 5.26 Å². The van der Waals surface area contributed by atoms with E-state index in [1.165, 1.54) is 0 Å². The van der Waals surface area contributed by atoms with Crippen LogP contribution in [0.15, 0.2) is 0 Å². The lowest BCUT2D eigenvalue weighted by Gasteiger charge is -2.32. The summed E-state index contributed by atoms with van der Waals surface area (Å²) in [5.74, 6) is -0.822. The number of hydrogen-bond acceptors (Lipinski definition) is 5. The van der Waals surface area contributed by atoms with Crippen LogP contribution in [0.4, 0.5) is 0 Å². The van der Waals surface area contributed by atoms with Crippen molar-refractivity contribution in [3.05, 3.63) is 0 Å². The van der Waals surface area contributed by atoms with Crippen molar-refractivity contribution in [2.45, 2.75) is 53.9 Å². The maximum absolute atomic E-state index is 12.3. The minimum atomic E-state index is -0.551. The van der Waals surface area contributed by atoms with E-state index in [0.717, 1.165) is 0 Å². The molecule has 0 fully saturated rings. The van der Waals surface area contributed by atoms with Gasteiger partial charge in [-0.05, 0) is 38.0 Å². The molecule has 0 aromatic heterocycles. The maximum Gasteiger partial charge on any atom is 0.309 e. The molecule has 0 heterocycles. The first kappa shape index (κ1) is 20.4. The van der Waals surface area contributed by atoms with E-state index in [1.54, 1.807) is 13.8 Å². The van der Waals surface area contributed by atoms with E-state index in [1.807, 2.05) is 0 Å². The molecule has 0 aliphatic heterocycles. The monoisotopic (exact) mass is 311 g/mol. The molecule has 126 valence electrons. The summed E-state index contributed by atoms with van der Waals surface area (Å²) >= 11 is 0. The number of hydrogen-bond donors (Lipinski definition) is 0. The molecule has 0 bridgehead atoms. The van der Waals surface area contributed by atoms with Crippen LogP contribution in [0, 0.1) is 35.0 Å². The Balaban J connectivity index is 5.28. The van der Waals surface area contributed by atoms with Gasteiger partial charge in [0.2, 0.25) is 0 Å². The van der Waals surface area contributed by atoms with E-state index in [0.29, 0.717) is 18.8 Å². The van der Waals surface area contributed by atoms with Gasteiger partial charge in [0.15, 0.2) is 0 Å². The van der Waals surface area contributed by atoms with Crippen LogP contribution in [0.5, 0.6) is 0 Å². The molecular formula is C17H29NO4. The number of carbonyl (C=O) groups is 2. The number of rotatable bonds is 10. The van der Waals surface area contributed by atoms with Crippen LogP contribution in [-0.2, 0) is 19.1 Å². The average Bonchev–Trinajstić information content (AvgIpc) is 2.46. The van der Waals surface area contributed by atoms with Crippen molar-refractivity contribution in [1.82, 2.24) is 0 Å². The molecule has 22 heavy (non-hydrogen) atoms. The predicted octanol–water partition coefficient (Wildman–Crippen LogP) is 3.33. The second kappa shape index (κ2) is 11.1. The van der Waals surface area contributed by atoms with Gasteiger partial charge in [0.05, 0.1) is 31.6 Å². The smallest absolute Gasteiger partial charge is 0.309 e. The van der Waals surface area contributed by atoms with Gasteiger partial charge in [0, 0.05) is 6.42 Å². The van der Waals surface area contributed by atoms with E-state index in [9.17, 15) is 9.59 Å². The first-order valence-electron chi connectivity index (χ1n) is 8.08. The number of esters is 2. The summed E-state index contributed by atoms with van der Waals surface area (Å²) in [5.41, 5.74) is 0. The van der Waals surface area contributed by atoms with Gasteiger partial charge in [-0.15, -0.1) is 0 Å². The molecule has 0 saturated carbocycles. The van der Waals surface area contributed by atoms with Gasteiger partial charge < -0.3 is 9.47 Å². The van der Waals surface area contributed by atoms with Gasteiger partial charge >= 0.3 is 11.9 Å². The van der Waals surface area contributed by atoms with Crippen molar-refractivity contribution in [3.63, 3.8) is 0 Å². The third-order valence-electron chi connectivity index (χ3n) is 4.11. The fourth-order valence-electron chi connectivity index (χ4n) is 2.61. The summed E-state index contributed by atoms with van der Waals surface area (Å²) in [6, 6.07) is 2.13. The molecule has 3 unspecified atom stereocenters. The second-order valence-electron chi connectivity index (χ2n) is 5.83. The summed E-state index contributed by atoms with van der Waals surface area (Å²) in [4.78, 5) is 24.1. The van der Waals surface area contributed by atoms with Crippen molar-refractivity contribution >= 4 is 11.9 Å². The first-order chi connectivity index (χ1) is 10.4. The number of nitriles is 1. The van der Waals surface area contributed by atoms with Crippen LogP contribution in [-0.4, -0.2) is 25.2 Å². The lowest BCUT2D eigenvalue weighted by Crippen LogP contribution is -2.34. The van der Waals surface area contributed by atoms with E-state index < -0.39 is 11.9 Å². The Morgan fingerprint density at radius 1 is 1.09 bits per heavy atom. The zero-order chi connectivity index (χ0) is 17.1. The van der Waals surface area contributed by atoms with Gasteiger partial charge in [-0.25, -0.2) is 0 Å². The van der Waals surface area contributed by atoms with E-state index in [-0.39, 0.29) is 37.4 Å². The first-order valence-corrected chi connectivity index (χ1v) is 8.08. The Hall–Kier alpha value is -1.57. The molecule has 0 aromatic rings. The summed E-state index contributed by atoms with van der Waals surface area (Å²) < 4.78 is 10.1. The normalized spacial score (nSPS) is 14.8. The van der Waals surface area contributed by atoms with E-state index in [4.69, 9.17) is 14.7 Å². The summed E-state index contributed by atoms with van der Waals surface area (Å²) in [5, 5.41) is 8.87. The standard InChI is InChI=1S/C17H29NO4/c1-6-21-16(19)11-15(17(20)22-7-2)14(9-8-10-18)13(5)12(3)4/h12-15H,6-9,11H2,1-5H3. The van der Waals surface area contributed by atoms with Crippen molar-refractivity contribution in [2.24, 2.45) is 23.7 Å². The lowest BCUT2D eigenvalue weighted by atomic mass is 9.73. The Kier molecular flexibility index (Phi) is 10.3. The molecule has 0 aromatic carbocycles. The van der Waals surface area contributed by atoms with Gasteiger partial charge in [0.1, 0.15) is 0 Å². The van der Waals surface area contributed by atoms with Crippen LogP contribution < -0.4 is 0 Å². The topological polar surface area (TPSA) is 76.4 Å². The molecule has 0 rings (SSSR count). The third-order valence-corrected chi connectivity index (χ3v) is 4.11. The SMILES string of the molecule is CCOC(=O)CC(C(=O)OCC)C(CCC#N)C(C)C(C)C. The van der Waals surface area contributed by atoms with Crippen LogP contribution in [0.25, 0.3) is 0 Å². The number of nitrogens with zero attached hydrogens (tertiary/aromatic N) is 1. The molecule has 0 spiro atoms. The Morgan fingerprint density at radius 3 is 2.14 bits per heavy atom. The fraction of sp³-hybridized carbons (Fsp3) is 0.824. The minimum absolute atomic E-state index is 0.0137. The summed E-state index contributed by atoms with van der Waals surface area (Å²) in [7, 11) is 0. The minimum Gasteiger partial charge on any atom is -0.466 e. The van der Waals surface area contributed by atoms with E-state index in [2.05, 4.69) is 26.8 Å². The highest BCUT2D eigenvalue weighted by Crippen LogP contribution is 2.34. The fourth-order valence-corrected chi connectivity index (χ4v) is 2.61. The molecule has 0 amide bonds. The molecule has 0 radical (unpaired) electrons. The highest BCUT2D eigenvalue weighted by molar-refractivity contribution is 5.80. The number of carbonyl (C=O) groups excluding carboxylic acids is 2. The predicted molar refractivity (Wildman–Crippen MR) is 83.7 cm³/mol. The van der Waals surface area contributed by atoms with Crippen molar-refractivity contribution in [3.8, 4) is 6.07 Å². The summed E-state index contributed by atoms with van der Waals surface area (Å²) in [6.45, 7) is 10.3. The van der Waals surface area contributed by atoms with Gasteiger partial charge in [-0.3, -0.25) is 9.59 Å². The quantitative estimate of drug-likeness (QED) is 0.578. The van der Waals surface area contributed by atoms with Crippen LogP contribution >= 0.6 is 0 Å². The second-order valence-corrected chi connectivity index (χ2v) is 5.83. The molecule has 3 atom stereocenters. The van der Waals surface area contributed by atoms with Gasteiger partial charge in [-0.2, -0.15) is 5.26 Å². The van der Waals surface area contributed by atoms with Crippen LogP contribution in [0.1, 0.15) is 53.9 Å². The molecule has 0 aliphatic carbocycles. The molecule has 0 saturated heterocycles. The van der Waals surface area contributed by atoms with Crippen LogP contribution in [0.2, 0.25) is 0 Å². The van der Waals surface area contributed by atoms with Gasteiger partial charge in [-0.1, -0.05) is 20.8 Å². The maximum atomic E-state index is 12.3. The third kappa shape index (κ3) is 6.93. The lowest BCUT2D eigenvalue weighted by molar-refractivity contribution is -0.158. The Labute approximate surface area is 134 Å². The molecule has 5 nitrogen and oxygen atoms in total.